The molecular weight excluding hydrogens is 749 g/mol. The summed E-state index contributed by atoms with van der Waals surface area (Å²) in [5, 5.41) is 18.2. The van der Waals surface area contributed by atoms with Crippen molar-refractivity contribution in [3.05, 3.63) is 101 Å². The predicted molar refractivity (Wildman–Crippen MR) is 232 cm³/mol. The Balaban J connectivity index is 0.000000393. The summed E-state index contributed by atoms with van der Waals surface area (Å²) in [6, 6.07) is 22.0. The van der Waals surface area contributed by atoms with E-state index in [1.165, 1.54) is 0 Å². The lowest BCUT2D eigenvalue weighted by Gasteiger charge is -2.19. The lowest BCUT2D eigenvalue weighted by Crippen LogP contribution is -2.33. The van der Waals surface area contributed by atoms with E-state index in [2.05, 4.69) is 38.5 Å². The second-order valence-electron chi connectivity index (χ2n) is 15.8. The average molecular weight is 807 g/mol. The third-order valence-corrected chi connectivity index (χ3v) is 8.68. The number of amides is 3. The highest BCUT2D eigenvalue weighted by atomic mass is 16.6. The number of ether oxygens (including phenoxy) is 2. The number of alkyl carbamates (subject to hydrolysis) is 2. The van der Waals surface area contributed by atoms with Gasteiger partial charge in [-0.05, 0) is 109 Å². The van der Waals surface area contributed by atoms with E-state index in [4.69, 9.17) is 25.3 Å². The van der Waals surface area contributed by atoms with Gasteiger partial charge in [0.05, 0.1) is 16.6 Å². The summed E-state index contributed by atoms with van der Waals surface area (Å²) >= 11 is 0. The van der Waals surface area contributed by atoms with E-state index in [1.807, 2.05) is 63.2 Å². The van der Waals surface area contributed by atoms with Gasteiger partial charge in [0.25, 0.3) is 5.91 Å². The Morgan fingerprint density at radius 1 is 0.712 bits per heavy atom. The number of nitrogens with one attached hydrogen (secondary N) is 3. The number of hydrogen-bond acceptors (Lipinski definition) is 9. The number of carbonyl (C=O) groups is 4. The molecule has 0 bridgehead atoms. The second-order valence-corrected chi connectivity index (χ2v) is 15.8. The predicted octanol–water partition coefficient (Wildman–Crippen LogP) is 7.08. The summed E-state index contributed by atoms with van der Waals surface area (Å²) in [6.07, 6.45) is 2.92. The molecule has 313 valence electrons. The van der Waals surface area contributed by atoms with Crippen LogP contribution in [0.4, 0.5) is 15.4 Å². The molecule has 14 nitrogen and oxygen atoms in total. The van der Waals surface area contributed by atoms with Crippen molar-refractivity contribution in [2.45, 2.75) is 98.3 Å². The van der Waals surface area contributed by atoms with Crippen molar-refractivity contribution in [3.8, 4) is 0 Å². The number of hydrogen-bond donors (Lipinski definition) is 5. The fourth-order valence-corrected chi connectivity index (χ4v) is 6.00. The molecule has 0 fully saturated rings. The molecule has 5 aromatic rings. The Kier molecular flexibility index (Phi) is 17.3. The van der Waals surface area contributed by atoms with Crippen molar-refractivity contribution < 1.29 is 33.8 Å². The zero-order valence-corrected chi connectivity index (χ0v) is 35.2. The number of aromatic nitrogens is 3. The summed E-state index contributed by atoms with van der Waals surface area (Å²) in [5.41, 5.74) is 10.7. The van der Waals surface area contributed by atoms with Crippen LogP contribution in [-0.2, 0) is 35.3 Å². The lowest BCUT2D eigenvalue weighted by molar-refractivity contribution is 0.0517. The van der Waals surface area contributed by atoms with Gasteiger partial charge in [-0.3, -0.25) is 4.79 Å². The Morgan fingerprint density at radius 2 is 1.24 bits per heavy atom. The standard InChI is InChI=1S/C30H38N6O3.C14H19NO4.B/c1-5-24-35-25-26(22-10-6-7-11-23(22)34-27(25)31)36(24)19-9-8-17-32-28(37)21-14-12-20(13-15-21)16-18-33-29(38)39-30(2,3)4;1-14(2,3)19-13(18)15-9-8-10-4-6-11(7-5-10)12(16)17;/h6-7,10-15H,5,8-9,16-19H2,1-4H3,(H2,31,34)(H,32,37)(H,33,38);4-7H,8-9H2,1-3H3,(H,15,18)(H,16,17);. The van der Waals surface area contributed by atoms with Gasteiger partial charge < -0.3 is 40.8 Å². The van der Waals surface area contributed by atoms with Crippen LogP contribution >= 0.6 is 0 Å². The van der Waals surface area contributed by atoms with E-state index >= 15 is 0 Å². The van der Waals surface area contributed by atoms with E-state index in [9.17, 15) is 19.2 Å². The smallest absolute Gasteiger partial charge is 0.407 e. The third kappa shape index (κ3) is 15.0. The minimum atomic E-state index is -0.946. The number of para-hydroxylation sites is 1. The molecule has 5 rings (SSSR count). The van der Waals surface area contributed by atoms with Crippen LogP contribution in [0.15, 0.2) is 72.8 Å². The van der Waals surface area contributed by atoms with E-state index in [0.29, 0.717) is 43.9 Å². The topological polar surface area (TPSA) is 200 Å². The second kappa shape index (κ2) is 21.6. The van der Waals surface area contributed by atoms with Gasteiger partial charge in [-0.2, -0.15) is 0 Å². The summed E-state index contributed by atoms with van der Waals surface area (Å²) < 4.78 is 12.6. The van der Waals surface area contributed by atoms with Gasteiger partial charge in [-0.15, -0.1) is 0 Å². The van der Waals surface area contributed by atoms with Crippen LogP contribution < -0.4 is 21.7 Å². The molecule has 0 unspecified atom stereocenters. The van der Waals surface area contributed by atoms with Crippen LogP contribution in [-0.4, -0.2) is 83.0 Å². The number of fused-ring (bicyclic) bond motifs is 3. The van der Waals surface area contributed by atoms with Gasteiger partial charge >= 0.3 is 18.2 Å². The number of nitrogens with two attached hydrogens (primary N) is 1. The van der Waals surface area contributed by atoms with Crippen LogP contribution in [0.3, 0.4) is 0 Å². The highest BCUT2D eigenvalue weighted by molar-refractivity contribution is 6.06. The number of carbonyl (C=O) groups excluding carboxylic acids is 3. The fourth-order valence-electron chi connectivity index (χ4n) is 6.00. The number of anilines is 1. The SMILES string of the molecule is CC(C)(C)OC(=O)NCCc1ccc(C(=O)O)cc1.CCc1nc2c(N)nc3ccccc3c2n1CCCCNC(=O)c1ccc(CCNC(=O)OC(C)(C)C)cc1.[B]. The van der Waals surface area contributed by atoms with Gasteiger partial charge in [0, 0.05) is 52.0 Å². The molecule has 0 aliphatic carbocycles. The Bertz CT molecular complexity index is 2180. The number of pyridine rings is 1. The first-order valence-corrected chi connectivity index (χ1v) is 19.6. The Morgan fingerprint density at radius 3 is 1.75 bits per heavy atom. The maximum atomic E-state index is 12.6. The van der Waals surface area contributed by atoms with E-state index in [0.717, 1.165) is 64.7 Å². The zero-order chi connectivity index (χ0) is 42.5. The van der Waals surface area contributed by atoms with Gasteiger partial charge in [0.2, 0.25) is 0 Å². The monoisotopic (exact) mass is 806 g/mol. The molecule has 59 heavy (non-hydrogen) atoms. The highest BCUT2D eigenvalue weighted by Gasteiger charge is 2.18. The van der Waals surface area contributed by atoms with E-state index < -0.39 is 29.4 Å². The third-order valence-electron chi connectivity index (χ3n) is 8.68. The average Bonchev–Trinajstić information content (AvgIpc) is 3.53. The Labute approximate surface area is 348 Å². The van der Waals surface area contributed by atoms with Gasteiger partial charge in [0.15, 0.2) is 5.82 Å². The van der Waals surface area contributed by atoms with Gasteiger partial charge in [-0.1, -0.05) is 49.4 Å². The van der Waals surface area contributed by atoms with Gasteiger partial charge in [-0.25, -0.2) is 24.4 Å². The molecule has 6 N–H and O–H groups in total. The van der Waals surface area contributed by atoms with Crippen molar-refractivity contribution in [2.24, 2.45) is 0 Å². The number of nitrogens with zero attached hydrogens (tertiary/aromatic N) is 3. The summed E-state index contributed by atoms with van der Waals surface area (Å²) in [7, 11) is 0. The first-order valence-electron chi connectivity index (χ1n) is 19.6. The molecule has 0 aliphatic rings. The summed E-state index contributed by atoms with van der Waals surface area (Å²) in [6.45, 7) is 15.3. The van der Waals surface area contributed by atoms with Crippen LogP contribution in [0, 0.1) is 0 Å². The number of carboxylic acids is 1. The molecule has 0 spiro atoms. The number of benzene rings is 3. The number of carboxylic acid groups (broad SMARTS) is 1. The highest BCUT2D eigenvalue weighted by Crippen LogP contribution is 2.29. The molecule has 3 amide bonds. The largest absolute Gasteiger partial charge is 0.478 e. The zero-order valence-electron chi connectivity index (χ0n) is 35.2. The van der Waals surface area contributed by atoms with Crippen molar-refractivity contribution in [1.82, 2.24) is 30.5 Å². The maximum absolute atomic E-state index is 12.6. The number of imidazole rings is 1. The van der Waals surface area contributed by atoms with Crippen LogP contribution in [0.2, 0.25) is 0 Å². The van der Waals surface area contributed by atoms with Crippen molar-refractivity contribution >= 4 is 60.2 Å². The first kappa shape index (κ1) is 47.3. The minimum Gasteiger partial charge on any atom is -0.478 e. The molecule has 2 heterocycles. The number of unbranched alkanes of at least 4 members (excludes halogenated alkanes) is 1. The number of nitrogen functional groups attached to an aromatic ring is 1. The molecule has 15 heteroatoms. The van der Waals surface area contributed by atoms with E-state index in [-0.39, 0.29) is 19.9 Å². The molecule has 3 aromatic carbocycles. The summed E-state index contributed by atoms with van der Waals surface area (Å²) in [5.74, 6) is 0.397. The fraction of sp³-hybridized carbons (Fsp3) is 0.409. The molecule has 0 atom stereocenters. The minimum absolute atomic E-state index is 0. The quantitative estimate of drug-likeness (QED) is 0.0571. The Hall–Kier alpha value is -6.12. The van der Waals surface area contributed by atoms with Crippen molar-refractivity contribution in [2.75, 3.05) is 25.4 Å². The number of aromatic carboxylic acids is 1. The van der Waals surface area contributed by atoms with Crippen LogP contribution in [0.1, 0.15) is 99.0 Å². The molecule has 3 radical (unpaired) electrons. The van der Waals surface area contributed by atoms with Crippen molar-refractivity contribution in [3.63, 3.8) is 0 Å². The normalized spacial score (nSPS) is 11.2. The number of aryl methyl sites for hydroxylation is 2. The molecule has 0 saturated heterocycles. The van der Waals surface area contributed by atoms with Crippen LogP contribution in [0.5, 0.6) is 0 Å². The lowest BCUT2D eigenvalue weighted by atomic mass is 10.1. The molecule has 0 aliphatic heterocycles. The summed E-state index contributed by atoms with van der Waals surface area (Å²) in [4.78, 5) is 55.7. The molecule has 0 saturated carbocycles. The van der Waals surface area contributed by atoms with E-state index in [1.54, 1.807) is 45.0 Å². The first-order chi connectivity index (χ1) is 27.4. The van der Waals surface area contributed by atoms with Gasteiger partial charge in [0.1, 0.15) is 22.5 Å². The molecular formula is C44H57BN7O7. The molecule has 2 aromatic heterocycles. The van der Waals surface area contributed by atoms with Crippen molar-refractivity contribution in [1.29, 1.82) is 0 Å². The number of rotatable bonds is 14. The maximum Gasteiger partial charge on any atom is 0.407 e. The van der Waals surface area contributed by atoms with Crippen LogP contribution in [0.25, 0.3) is 21.9 Å².